The second-order valence-corrected chi connectivity index (χ2v) is 5.86. The van der Waals surface area contributed by atoms with Crippen LogP contribution < -0.4 is 9.47 Å². The molecule has 0 aliphatic rings. The molecule has 0 heterocycles. The van der Waals surface area contributed by atoms with Gasteiger partial charge in [0.1, 0.15) is 23.1 Å². The molecule has 0 amide bonds. The van der Waals surface area contributed by atoms with Crippen LogP contribution in [0.2, 0.25) is 0 Å². The molecule has 0 fully saturated rings. The van der Waals surface area contributed by atoms with E-state index < -0.39 is 0 Å². The van der Waals surface area contributed by atoms with Crippen molar-refractivity contribution in [1.29, 1.82) is 0 Å². The molecule has 5 nitrogen and oxygen atoms in total. The van der Waals surface area contributed by atoms with Crippen molar-refractivity contribution in [3.05, 3.63) is 54.3 Å². The van der Waals surface area contributed by atoms with E-state index in [1.54, 1.807) is 24.3 Å². The quantitative estimate of drug-likeness (QED) is 0.475. The molecule has 0 atom stereocenters. The van der Waals surface area contributed by atoms with Gasteiger partial charge in [-0.15, -0.1) is 0 Å². The molecular weight excluding hydrogens is 337 g/mol. The first-order chi connectivity index (χ1) is 12.6. The van der Waals surface area contributed by atoms with Crippen molar-refractivity contribution in [2.24, 2.45) is 0 Å². The first-order valence-electron chi connectivity index (χ1n) is 8.48. The zero-order valence-electron chi connectivity index (χ0n) is 15.1. The van der Waals surface area contributed by atoms with Crippen LogP contribution >= 0.6 is 0 Å². The van der Waals surface area contributed by atoms with E-state index in [-0.39, 0.29) is 11.8 Å². The van der Waals surface area contributed by atoms with Gasteiger partial charge in [0.2, 0.25) is 0 Å². The molecule has 0 saturated heterocycles. The minimum Gasteiger partial charge on any atom is -0.494 e. The van der Waals surface area contributed by atoms with Crippen molar-refractivity contribution >= 4 is 5.97 Å². The lowest BCUT2D eigenvalue weighted by Gasteiger charge is -2.16. The molecule has 0 saturated carbocycles. The number of benzene rings is 2. The maximum atomic E-state index is 12.9. The average molecular weight is 361 g/mol. The van der Waals surface area contributed by atoms with Gasteiger partial charge in [-0.1, -0.05) is 0 Å². The van der Waals surface area contributed by atoms with E-state index in [1.165, 1.54) is 19.2 Å². The van der Waals surface area contributed by atoms with Gasteiger partial charge in [-0.05, 0) is 62.0 Å². The Hall–Kier alpha value is -2.60. The zero-order chi connectivity index (χ0) is 18.8. The van der Waals surface area contributed by atoms with Crippen molar-refractivity contribution < 1.29 is 23.4 Å². The summed E-state index contributed by atoms with van der Waals surface area (Å²) in [5, 5.41) is 0. The van der Waals surface area contributed by atoms with E-state index in [4.69, 9.17) is 9.47 Å². The maximum absolute atomic E-state index is 12.9. The van der Waals surface area contributed by atoms with Crippen LogP contribution in [0.25, 0.3) is 0 Å². The minimum absolute atomic E-state index is 0.198. The predicted molar refractivity (Wildman–Crippen MR) is 97.2 cm³/mol. The molecule has 0 N–H and O–H groups in total. The molecule has 2 aromatic carbocycles. The second kappa shape index (κ2) is 10.4. The van der Waals surface area contributed by atoms with Crippen LogP contribution in [0.15, 0.2) is 48.5 Å². The Morgan fingerprint density at radius 3 is 2.15 bits per heavy atom. The number of carbonyl (C=O) groups is 1. The van der Waals surface area contributed by atoms with E-state index in [0.717, 1.165) is 18.7 Å². The zero-order valence-corrected chi connectivity index (χ0v) is 15.1. The standard InChI is InChI=1S/C20H24FNO4/c1-22(14-12-20(23)24-2)13-3-15-25-17-8-10-19(11-9-17)26-18-6-4-16(21)5-7-18/h4-11H,3,12-15H2,1-2H3. The van der Waals surface area contributed by atoms with Gasteiger partial charge in [0.25, 0.3) is 0 Å². The monoisotopic (exact) mass is 361 g/mol. The number of nitrogens with zero attached hydrogens (tertiary/aromatic N) is 1. The number of esters is 1. The van der Waals surface area contributed by atoms with Crippen molar-refractivity contribution in [2.45, 2.75) is 12.8 Å². The Morgan fingerprint density at radius 2 is 1.54 bits per heavy atom. The van der Waals surface area contributed by atoms with Crippen LogP contribution in [-0.2, 0) is 9.53 Å². The summed E-state index contributed by atoms with van der Waals surface area (Å²) in [4.78, 5) is 13.2. The fourth-order valence-corrected chi connectivity index (χ4v) is 2.26. The van der Waals surface area contributed by atoms with Gasteiger partial charge in [0, 0.05) is 13.1 Å². The summed E-state index contributed by atoms with van der Waals surface area (Å²) < 4.78 is 28.8. The van der Waals surface area contributed by atoms with E-state index >= 15 is 0 Å². The Balaban J connectivity index is 1.67. The summed E-state index contributed by atoms with van der Waals surface area (Å²) >= 11 is 0. The molecular formula is C20H24FNO4. The Bertz CT molecular complexity index is 673. The van der Waals surface area contributed by atoms with E-state index in [2.05, 4.69) is 9.64 Å². The number of carbonyl (C=O) groups excluding carboxylic acids is 1. The van der Waals surface area contributed by atoms with Gasteiger partial charge in [-0.25, -0.2) is 4.39 Å². The normalized spacial score (nSPS) is 10.6. The first-order valence-corrected chi connectivity index (χ1v) is 8.48. The largest absolute Gasteiger partial charge is 0.494 e. The molecule has 0 aromatic heterocycles. The van der Waals surface area contributed by atoms with Gasteiger partial charge in [-0.2, -0.15) is 0 Å². The lowest BCUT2D eigenvalue weighted by atomic mass is 10.3. The third-order valence-corrected chi connectivity index (χ3v) is 3.75. The SMILES string of the molecule is COC(=O)CCN(C)CCCOc1ccc(Oc2ccc(F)cc2)cc1. The molecule has 0 bridgehead atoms. The van der Waals surface area contributed by atoms with Crippen LogP contribution in [0.4, 0.5) is 4.39 Å². The molecule has 0 aliphatic carbocycles. The molecule has 2 aromatic rings. The molecule has 6 heteroatoms. The molecule has 0 unspecified atom stereocenters. The number of hydrogen-bond donors (Lipinski definition) is 0. The van der Waals surface area contributed by atoms with E-state index in [9.17, 15) is 9.18 Å². The number of hydrogen-bond acceptors (Lipinski definition) is 5. The first kappa shape index (κ1) is 19.7. The molecule has 0 spiro atoms. The second-order valence-electron chi connectivity index (χ2n) is 5.86. The van der Waals surface area contributed by atoms with Gasteiger partial charge in [0.15, 0.2) is 0 Å². The summed E-state index contributed by atoms with van der Waals surface area (Å²) in [6, 6.07) is 13.2. The fraction of sp³-hybridized carbons (Fsp3) is 0.350. The highest BCUT2D eigenvalue weighted by Gasteiger charge is 2.04. The maximum Gasteiger partial charge on any atom is 0.306 e. The number of halogens is 1. The van der Waals surface area contributed by atoms with Crippen LogP contribution in [0.1, 0.15) is 12.8 Å². The summed E-state index contributed by atoms with van der Waals surface area (Å²) in [7, 11) is 3.36. The Morgan fingerprint density at radius 1 is 0.962 bits per heavy atom. The lowest BCUT2D eigenvalue weighted by molar-refractivity contribution is -0.140. The third kappa shape index (κ3) is 7.11. The van der Waals surface area contributed by atoms with Crippen molar-refractivity contribution in [3.63, 3.8) is 0 Å². The van der Waals surface area contributed by atoms with E-state index in [1.807, 2.05) is 19.2 Å². The lowest BCUT2D eigenvalue weighted by Crippen LogP contribution is -2.24. The number of ether oxygens (including phenoxy) is 3. The molecule has 0 aliphatic heterocycles. The molecule has 0 radical (unpaired) electrons. The minimum atomic E-state index is -0.294. The third-order valence-electron chi connectivity index (χ3n) is 3.75. The highest BCUT2D eigenvalue weighted by Crippen LogP contribution is 2.24. The Labute approximate surface area is 153 Å². The summed E-state index contributed by atoms with van der Waals surface area (Å²) in [6.07, 6.45) is 1.24. The van der Waals surface area contributed by atoms with Crippen molar-refractivity contribution in [3.8, 4) is 17.2 Å². The average Bonchev–Trinajstić information content (AvgIpc) is 2.66. The van der Waals surface area contributed by atoms with Crippen molar-refractivity contribution in [2.75, 3.05) is 33.9 Å². The Kier molecular flexibility index (Phi) is 7.89. The van der Waals surface area contributed by atoms with Crippen LogP contribution in [0.3, 0.4) is 0 Å². The summed E-state index contributed by atoms with van der Waals surface area (Å²) in [5.41, 5.74) is 0. The number of rotatable bonds is 10. The van der Waals surface area contributed by atoms with Gasteiger partial charge >= 0.3 is 5.97 Å². The van der Waals surface area contributed by atoms with Gasteiger partial charge in [0.05, 0.1) is 20.1 Å². The fourth-order valence-electron chi connectivity index (χ4n) is 2.26. The molecule has 140 valence electrons. The molecule has 26 heavy (non-hydrogen) atoms. The molecule has 2 rings (SSSR count). The van der Waals surface area contributed by atoms with Crippen LogP contribution in [0, 0.1) is 5.82 Å². The highest BCUT2D eigenvalue weighted by molar-refractivity contribution is 5.69. The van der Waals surface area contributed by atoms with Gasteiger partial charge in [-0.3, -0.25) is 4.79 Å². The summed E-state index contributed by atoms with van der Waals surface area (Å²) in [6.45, 7) is 2.09. The smallest absolute Gasteiger partial charge is 0.306 e. The van der Waals surface area contributed by atoms with Gasteiger partial charge < -0.3 is 19.1 Å². The summed E-state index contributed by atoms with van der Waals surface area (Å²) in [5.74, 6) is 1.50. The predicted octanol–water partition coefficient (Wildman–Crippen LogP) is 3.88. The van der Waals surface area contributed by atoms with Crippen LogP contribution in [-0.4, -0.2) is 44.7 Å². The van der Waals surface area contributed by atoms with E-state index in [0.29, 0.717) is 31.1 Å². The van der Waals surface area contributed by atoms with Crippen LogP contribution in [0.5, 0.6) is 17.2 Å². The topological polar surface area (TPSA) is 48.0 Å². The number of methoxy groups -OCH3 is 1. The highest BCUT2D eigenvalue weighted by atomic mass is 19.1. The van der Waals surface area contributed by atoms with Crippen molar-refractivity contribution in [1.82, 2.24) is 4.90 Å².